The molecule has 2 aromatic rings. The topological polar surface area (TPSA) is 78.5 Å². The van der Waals surface area contributed by atoms with Crippen LogP contribution in [-0.2, 0) is 4.79 Å². The summed E-state index contributed by atoms with van der Waals surface area (Å²) >= 11 is 5.86. The summed E-state index contributed by atoms with van der Waals surface area (Å²) in [7, 11) is 0. The van der Waals surface area contributed by atoms with Gasteiger partial charge < -0.3 is 5.32 Å². The molecule has 6 nitrogen and oxygen atoms in total. The van der Waals surface area contributed by atoms with Crippen molar-refractivity contribution in [2.75, 3.05) is 4.90 Å². The molecule has 1 aliphatic rings. The number of carbonyl (C=O) groups is 3. The van der Waals surface area contributed by atoms with Gasteiger partial charge in [0.1, 0.15) is 0 Å². The fourth-order valence-electron chi connectivity index (χ4n) is 2.86. The summed E-state index contributed by atoms with van der Waals surface area (Å²) in [5.74, 6) is -2.93. The Bertz CT molecular complexity index is 1030. The van der Waals surface area contributed by atoms with E-state index in [0.29, 0.717) is 10.5 Å². The molecular formula is C19H15ClF3N3O3. The van der Waals surface area contributed by atoms with Crippen LogP contribution in [0.3, 0.4) is 0 Å². The van der Waals surface area contributed by atoms with Crippen LogP contribution >= 0.6 is 11.6 Å². The number of hydrogen-bond donors (Lipinski definition) is 2. The first-order valence-electron chi connectivity index (χ1n) is 8.35. The summed E-state index contributed by atoms with van der Waals surface area (Å²) in [6.07, 6.45) is -5.31. The number of halogens is 4. The molecule has 0 bridgehead atoms. The van der Waals surface area contributed by atoms with Crippen molar-refractivity contribution in [1.29, 1.82) is 0 Å². The predicted molar refractivity (Wildman–Crippen MR) is 99.6 cm³/mol. The molecule has 1 atom stereocenters. The first kappa shape index (κ1) is 20.7. The summed E-state index contributed by atoms with van der Waals surface area (Å²) < 4.78 is 41.8. The molecule has 4 amide bonds. The van der Waals surface area contributed by atoms with Crippen LogP contribution < -0.4 is 15.5 Å². The van der Waals surface area contributed by atoms with E-state index in [9.17, 15) is 27.6 Å². The molecule has 0 aliphatic carbocycles. The van der Waals surface area contributed by atoms with Crippen LogP contribution in [0.4, 0.5) is 23.7 Å². The third-order valence-electron chi connectivity index (χ3n) is 4.61. The predicted octanol–water partition coefficient (Wildman–Crippen LogP) is 3.70. The van der Waals surface area contributed by atoms with Gasteiger partial charge >= 0.3 is 12.2 Å². The molecule has 0 spiro atoms. The minimum Gasteiger partial charge on any atom is -0.314 e. The van der Waals surface area contributed by atoms with E-state index in [1.54, 1.807) is 30.5 Å². The van der Waals surface area contributed by atoms with Gasteiger partial charge in [-0.05, 0) is 49.2 Å². The Morgan fingerprint density at radius 3 is 2.34 bits per heavy atom. The lowest BCUT2D eigenvalue weighted by molar-refractivity contribution is -0.197. The molecule has 29 heavy (non-hydrogen) atoms. The number of anilines is 1. The van der Waals surface area contributed by atoms with Crippen molar-refractivity contribution in [3.63, 3.8) is 0 Å². The molecule has 0 radical (unpaired) electrons. The lowest BCUT2D eigenvalue weighted by Gasteiger charge is -2.30. The van der Waals surface area contributed by atoms with Crippen LogP contribution in [0.1, 0.15) is 21.5 Å². The van der Waals surface area contributed by atoms with Crippen LogP contribution in [0.25, 0.3) is 0 Å². The largest absolute Gasteiger partial charge is 0.440 e. The van der Waals surface area contributed by atoms with E-state index in [-0.39, 0.29) is 16.3 Å². The number of imide groups is 1. The minimum absolute atomic E-state index is 0.0475. The molecular weight excluding hydrogens is 411 g/mol. The normalized spacial score (nSPS) is 19.3. The molecule has 1 fully saturated rings. The highest BCUT2D eigenvalue weighted by molar-refractivity contribution is 6.34. The fraction of sp³-hybridized carbons (Fsp3) is 0.211. The minimum atomic E-state index is -5.31. The van der Waals surface area contributed by atoms with Crippen molar-refractivity contribution < 1.29 is 27.6 Å². The van der Waals surface area contributed by atoms with Crippen molar-refractivity contribution in [2.24, 2.45) is 0 Å². The van der Waals surface area contributed by atoms with Gasteiger partial charge in [0, 0.05) is 0 Å². The second kappa shape index (κ2) is 7.07. The number of rotatable bonds is 3. The highest BCUT2D eigenvalue weighted by Gasteiger charge is 2.69. The maximum atomic E-state index is 13.9. The Morgan fingerprint density at radius 1 is 1.10 bits per heavy atom. The molecule has 0 unspecified atom stereocenters. The van der Waals surface area contributed by atoms with Gasteiger partial charge in [-0.3, -0.25) is 14.9 Å². The smallest absolute Gasteiger partial charge is 0.314 e. The van der Waals surface area contributed by atoms with Gasteiger partial charge in [-0.2, -0.15) is 13.2 Å². The first-order valence-corrected chi connectivity index (χ1v) is 8.73. The number of urea groups is 1. The number of carbonyl (C=O) groups excluding carboxylic acids is 3. The van der Waals surface area contributed by atoms with E-state index >= 15 is 0 Å². The Hall–Kier alpha value is -3.07. The molecule has 2 aromatic carbocycles. The maximum absolute atomic E-state index is 13.9. The number of alkyl halides is 3. The number of nitrogens with one attached hydrogen (secondary N) is 2. The van der Waals surface area contributed by atoms with Crippen LogP contribution in [0, 0.1) is 13.8 Å². The second-order valence-corrected chi connectivity index (χ2v) is 6.93. The van der Waals surface area contributed by atoms with Crippen molar-refractivity contribution in [1.82, 2.24) is 10.6 Å². The molecule has 3 rings (SSSR count). The molecule has 1 saturated heterocycles. The number of aryl methyl sites for hydroxylation is 2. The lowest BCUT2D eigenvalue weighted by Crippen LogP contribution is -2.69. The molecule has 1 heterocycles. The summed E-state index contributed by atoms with van der Waals surface area (Å²) in [6, 6.07) is 8.42. The molecule has 0 aromatic heterocycles. The molecule has 0 saturated carbocycles. The molecule has 152 valence electrons. The van der Waals surface area contributed by atoms with E-state index in [2.05, 4.69) is 0 Å². The standard InChI is InChI=1S/C19H15ClF3N3O3/c1-10-7-8-12(9-11(10)2)26-16(28)18(19(21,22)23,25-17(26)29)24-15(27)13-5-3-4-6-14(13)20/h3-9H,1-2H3,(H,24,27)(H,25,29)/t18-/m1/s1. The van der Waals surface area contributed by atoms with Crippen LogP contribution in [-0.4, -0.2) is 29.7 Å². The number of hydrogen-bond acceptors (Lipinski definition) is 3. The number of benzene rings is 2. The summed E-state index contributed by atoms with van der Waals surface area (Å²) in [5.41, 5.74) is -2.44. The Labute approximate surface area is 168 Å². The summed E-state index contributed by atoms with van der Waals surface area (Å²) in [4.78, 5) is 38.0. The zero-order valence-electron chi connectivity index (χ0n) is 15.2. The monoisotopic (exact) mass is 425 g/mol. The van der Waals surface area contributed by atoms with Gasteiger partial charge in [-0.1, -0.05) is 29.8 Å². The van der Waals surface area contributed by atoms with Gasteiger partial charge in [0.25, 0.3) is 17.5 Å². The third-order valence-corrected chi connectivity index (χ3v) is 4.94. The third kappa shape index (κ3) is 3.42. The van der Waals surface area contributed by atoms with Gasteiger partial charge in [0.15, 0.2) is 0 Å². The lowest BCUT2D eigenvalue weighted by atomic mass is 10.1. The molecule has 1 aliphatic heterocycles. The Morgan fingerprint density at radius 2 is 1.76 bits per heavy atom. The van der Waals surface area contributed by atoms with Gasteiger partial charge in [-0.15, -0.1) is 0 Å². The fourth-order valence-corrected chi connectivity index (χ4v) is 3.08. The van der Waals surface area contributed by atoms with Crippen molar-refractivity contribution in [3.05, 3.63) is 64.2 Å². The average Bonchev–Trinajstić information content (AvgIpc) is 2.88. The molecule has 10 heteroatoms. The zero-order chi connectivity index (χ0) is 21.6. The van der Waals surface area contributed by atoms with E-state index in [1.807, 2.05) is 0 Å². The van der Waals surface area contributed by atoms with Gasteiger partial charge in [0.2, 0.25) is 0 Å². The van der Waals surface area contributed by atoms with Crippen molar-refractivity contribution in [3.8, 4) is 0 Å². The first-order chi connectivity index (χ1) is 13.5. The van der Waals surface area contributed by atoms with Gasteiger partial charge in [0.05, 0.1) is 16.3 Å². The van der Waals surface area contributed by atoms with E-state index in [0.717, 1.165) is 5.56 Å². The Kier molecular flexibility index (Phi) is 5.04. The van der Waals surface area contributed by atoms with E-state index < -0.39 is 29.7 Å². The average molecular weight is 426 g/mol. The number of amides is 4. The van der Waals surface area contributed by atoms with Crippen molar-refractivity contribution in [2.45, 2.75) is 25.7 Å². The highest BCUT2D eigenvalue weighted by Crippen LogP contribution is 2.36. The van der Waals surface area contributed by atoms with Crippen LogP contribution in [0.5, 0.6) is 0 Å². The summed E-state index contributed by atoms with van der Waals surface area (Å²) in [6.45, 7) is 3.46. The Balaban J connectivity index is 2.04. The van der Waals surface area contributed by atoms with E-state index in [4.69, 9.17) is 11.6 Å². The number of nitrogens with zero attached hydrogens (tertiary/aromatic N) is 1. The zero-order valence-corrected chi connectivity index (χ0v) is 16.0. The quantitative estimate of drug-likeness (QED) is 0.736. The van der Waals surface area contributed by atoms with E-state index in [1.165, 1.54) is 36.4 Å². The van der Waals surface area contributed by atoms with Crippen LogP contribution in [0.15, 0.2) is 42.5 Å². The highest BCUT2D eigenvalue weighted by atomic mass is 35.5. The van der Waals surface area contributed by atoms with Crippen LogP contribution in [0.2, 0.25) is 5.02 Å². The van der Waals surface area contributed by atoms with Crippen molar-refractivity contribution >= 4 is 35.1 Å². The SMILES string of the molecule is Cc1ccc(N2C(=O)N[C@@](NC(=O)c3ccccc3Cl)(C(F)(F)F)C2=O)cc1C. The maximum Gasteiger partial charge on any atom is 0.440 e. The second-order valence-electron chi connectivity index (χ2n) is 6.52. The summed E-state index contributed by atoms with van der Waals surface area (Å²) in [5, 5.41) is 3.11. The van der Waals surface area contributed by atoms with Gasteiger partial charge in [-0.25, -0.2) is 9.69 Å². The molecule has 2 N–H and O–H groups in total.